The van der Waals surface area contributed by atoms with Crippen LogP contribution in [0.2, 0.25) is 0 Å². The van der Waals surface area contributed by atoms with Gasteiger partial charge in [-0.2, -0.15) is 0 Å². The second-order valence-electron chi connectivity index (χ2n) is 9.48. The third kappa shape index (κ3) is 2.14. The number of rotatable bonds is 0. The smallest absolute Gasteiger partial charge is 0.0622 e. The van der Waals surface area contributed by atoms with Crippen LogP contribution in [0.5, 0.6) is 0 Å². The van der Waals surface area contributed by atoms with Crippen molar-refractivity contribution in [1.29, 1.82) is 0 Å². The average molecular weight is 303 g/mol. The molecule has 1 N–H and O–H groups in total. The van der Waals surface area contributed by atoms with Gasteiger partial charge in [-0.05, 0) is 107 Å². The number of fused-ring (bicyclic) bond motifs is 5. The minimum Gasteiger partial charge on any atom is -0.390 e. The lowest BCUT2D eigenvalue weighted by Gasteiger charge is -2.56. The van der Waals surface area contributed by atoms with Gasteiger partial charge >= 0.3 is 0 Å². The van der Waals surface area contributed by atoms with Gasteiger partial charge in [0, 0.05) is 0 Å². The molecule has 4 saturated carbocycles. The van der Waals surface area contributed by atoms with Crippen LogP contribution in [0.4, 0.5) is 0 Å². The van der Waals surface area contributed by atoms with Crippen LogP contribution in [-0.4, -0.2) is 10.7 Å². The van der Waals surface area contributed by atoms with Crippen LogP contribution < -0.4 is 0 Å². The fourth-order valence-corrected chi connectivity index (χ4v) is 7.40. The molecule has 1 heteroatoms. The maximum absolute atomic E-state index is 10.5. The Morgan fingerprint density at radius 1 is 0.955 bits per heavy atom. The van der Waals surface area contributed by atoms with E-state index in [1.54, 1.807) is 5.57 Å². The summed E-state index contributed by atoms with van der Waals surface area (Å²) in [7, 11) is 0. The summed E-state index contributed by atoms with van der Waals surface area (Å²) in [5, 5.41) is 10.5. The van der Waals surface area contributed by atoms with Crippen LogP contribution in [-0.2, 0) is 0 Å². The number of allylic oxidation sites excluding steroid dienone is 2. The Hall–Kier alpha value is -0.300. The molecule has 0 radical (unpaired) electrons. The first-order valence-corrected chi connectivity index (χ1v) is 9.83. The van der Waals surface area contributed by atoms with Crippen LogP contribution in [0.3, 0.4) is 0 Å². The molecule has 4 rings (SSSR count). The topological polar surface area (TPSA) is 20.2 Å². The van der Waals surface area contributed by atoms with Gasteiger partial charge < -0.3 is 5.11 Å². The fourth-order valence-electron chi connectivity index (χ4n) is 7.40. The summed E-state index contributed by atoms with van der Waals surface area (Å²) in [5.41, 5.74) is 1.93. The van der Waals surface area contributed by atoms with Gasteiger partial charge in [-0.15, -0.1) is 0 Å². The molecule has 0 aliphatic heterocycles. The highest BCUT2D eigenvalue weighted by molar-refractivity contribution is 5.23. The van der Waals surface area contributed by atoms with E-state index in [0.717, 1.165) is 42.4 Å². The maximum Gasteiger partial charge on any atom is 0.0622 e. The molecule has 0 aromatic heterocycles. The molecule has 0 saturated heterocycles. The molecule has 0 heterocycles. The summed E-state index contributed by atoms with van der Waals surface area (Å²) in [5.74, 6) is 4.67. The molecule has 4 aliphatic carbocycles. The molecule has 0 unspecified atom stereocenters. The Kier molecular flexibility index (Phi) is 3.53. The minimum atomic E-state index is -0.372. The standard InChI is InChI=1S/C21H34O/c1-4-15-6-8-19-18-7-5-14-13-20(2,22)11-9-16(14)17(18)10-12-21(15,19)3/h4,14,16-19,22H,5-13H2,1-3H3/b15-4+/t14-,16-,17+,18+,19-,20+,21+/m0/s1. The van der Waals surface area contributed by atoms with Crippen LogP contribution in [0.1, 0.15) is 78.6 Å². The summed E-state index contributed by atoms with van der Waals surface area (Å²) >= 11 is 0. The third-order valence-corrected chi connectivity index (χ3v) is 8.43. The van der Waals surface area contributed by atoms with Crippen molar-refractivity contribution in [1.82, 2.24) is 0 Å². The Morgan fingerprint density at radius 3 is 2.50 bits per heavy atom. The highest BCUT2D eigenvalue weighted by Crippen LogP contribution is 2.64. The molecule has 0 aromatic carbocycles. The number of hydrogen-bond acceptors (Lipinski definition) is 1. The summed E-state index contributed by atoms with van der Waals surface area (Å²) in [4.78, 5) is 0. The highest BCUT2D eigenvalue weighted by atomic mass is 16.3. The lowest BCUT2D eigenvalue weighted by Crippen LogP contribution is -2.49. The van der Waals surface area contributed by atoms with E-state index in [0.29, 0.717) is 5.41 Å². The van der Waals surface area contributed by atoms with Crippen molar-refractivity contribution >= 4 is 0 Å². The van der Waals surface area contributed by atoms with Gasteiger partial charge in [0.05, 0.1) is 5.60 Å². The van der Waals surface area contributed by atoms with Crippen LogP contribution >= 0.6 is 0 Å². The van der Waals surface area contributed by atoms with Gasteiger partial charge in [0.2, 0.25) is 0 Å². The first-order chi connectivity index (χ1) is 10.4. The van der Waals surface area contributed by atoms with Crippen molar-refractivity contribution in [2.24, 2.45) is 35.0 Å². The second-order valence-corrected chi connectivity index (χ2v) is 9.48. The Bertz CT molecular complexity index is 476. The zero-order valence-corrected chi connectivity index (χ0v) is 14.8. The molecule has 0 aromatic rings. The largest absolute Gasteiger partial charge is 0.390 e. The summed E-state index contributed by atoms with van der Waals surface area (Å²) in [6, 6.07) is 0. The zero-order chi connectivity index (χ0) is 15.5. The van der Waals surface area contributed by atoms with Gasteiger partial charge in [-0.25, -0.2) is 0 Å². The number of hydrogen-bond donors (Lipinski definition) is 1. The lowest BCUT2D eigenvalue weighted by atomic mass is 9.49. The van der Waals surface area contributed by atoms with E-state index in [4.69, 9.17) is 0 Å². The third-order valence-electron chi connectivity index (χ3n) is 8.43. The van der Waals surface area contributed by atoms with Crippen LogP contribution in [0, 0.1) is 35.0 Å². The Balaban J connectivity index is 1.57. The van der Waals surface area contributed by atoms with Gasteiger partial charge in [0.25, 0.3) is 0 Å². The molecular weight excluding hydrogens is 268 g/mol. The van der Waals surface area contributed by atoms with Crippen molar-refractivity contribution < 1.29 is 5.11 Å². The Morgan fingerprint density at radius 2 is 1.73 bits per heavy atom. The minimum absolute atomic E-state index is 0.372. The van der Waals surface area contributed by atoms with Crippen molar-refractivity contribution in [3.05, 3.63) is 11.6 Å². The molecule has 0 spiro atoms. The van der Waals surface area contributed by atoms with Crippen LogP contribution in [0.15, 0.2) is 11.6 Å². The molecule has 7 atom stereocenters. The van der Waals surface area contributed by atoms with E-state index >= 15 is 0 Å². The summed E-state index contributed by atoms with van der Waals surface area (Å²) in [6.45, 7) is 6.91. The summed E-state index contributed by atoms with van der Waals surface area (Å²) in [6.07, 6.45) is 14.4. The van der Waals surface area contributed by atoms with E-state index in [9.17, 15) is 5.11 Å². The molecule has 0 amide bonds. The van der Waals surface area contributed by atoms with Crippen molar-refractivity contribution in [2.75, 3.05) is 0 Å². The Labute approximate surface area is 136 Å². The molecule has 4 fully saturated rings. The van der Waals surface area contributed by atoms with Gasteiger partial charge in [-0.1, -0.05) is 18.6 Å². The van der Waals surface area contributed by atoms with E-state index in [1.807, 2.05) is 0 Å². The van der Waals surface area contributed by atoms with Gasteiger partial charge in [0.15, 0.2) is 0 Å². The molecule has 1 nitrogen and oxygen atoms in total. The van der Waals surface area contributed by atoms with Crippen molar-refractivity contribution in [3.63, 3.8) is 0 Å². The van der Waals surface area contributed by atoms with Crippen molar-refractivity contribution in [3.8, 4) is 0 Å². The van der Waals surface area contributed by atoms with Gasteiger partial charge in [0.1, 0.15) is 0 Å². The fraction of sp³-hybridized carbons (Fsp3) is 0.905. The number of aliphatic hydroxyl groups is 1. The van der Waals surface area contributed by atoms with Crippen LogP contribution in [0.25, 0.3) is 0 Å². The highest BCUT2D eigenvalue weighted by Gasteiger charge is 2.55. The zero-order valence-electron chi connectivity index (χ0n) is 14.8. The molecule has 22 heavy (non-hydrogen) atoms. The molecule has 0 bridgehead atoms. The molecule has 4 aliphatic rings. The average Bonchev–Trinajstić information content (AvgIpc) is 2.82. The van der Waals surface area contributed by atoms with E-state index in [2.05, 4.69) is 26.8 Å². The normalized spacial score (nSPS) is 56.4. The monoisotopic (exact) mass is 302 g/mol. The van der Waals surface area contributed by atoms with E-state index in [1.165, 1.54) is 44.9 Å². The SMILES string of the molecule is C/C=C1\CC[C@H]2[C@@H]3CC[C@H]4C[C@](C)(O)CC[C@@H]4[C@H]3CC[C@]12C. The maximum atomic E-state index is 10.5. The van der Waals surface area contributed by atoms with E-state index in [-0.39, 0.29) is 5.60 Å². The van der Waals surface area contributed by atoms with Gasteiger partial charge in [-0.3, -0.25) is 0 Å². The predicted molar refractivity (Wildman–Crippen MR) is 91.5 cm³/mol. The lowest BCUT2D eigenvalue weighted by molar-refractivity contribution is -0.0899. The summed E-state index contributed by atoms with van der Waals surface area (Å²) < 4.78 is 0. The quantitative estimate of drug-likeness (QED) is 0.599. The second kappa shape index (κ2) is 5.10. The molecular formula is C21H34O. The first-order valence-electron chi connectivity index (χ1n) is 9.83. The molecule has 124 valence electrons. The first kappa shape index (κ1) is 15.2. The van der Waals surface area contributed by atoms with Crippen molar-refractivity contribution in [2.45, 2.75) is 84.2 Å². The van der Waals surface area contributed by atoms with E-state index < -0.39 is 0 Å². The predicted octanol–water partition coefficient (Wildman–Crippen LogP) is 5.34.